The molecule has 3 aromatic carbocycles. The van der Waals surface area contributed by atoms with Gasteiger partial charge in [0, 0.05) is 11.1 Å². The molecule has 0 saturated heterocycles. The van der Waals surface area contributed by atoms with Gasteiger partial charge in [0.15, 0.2) is 0 Å². The molecule has 0 spiro atoms. The van der Waals surface area contributed by atoms with Crippen molar-refractivity contribution in [3.05, 3.63) is 113 Å². The maximum atomic E-state index is 13.5. The first-order chi connectivity index (χ1) is 16.6. The average molecular weight is 471 g/mol. The second-order valence-corrected chi connectivity index (χ2v) is 7.98. The molecule has 2 aromatic heterocycles. The fourth-order valence-corrected chi connectivity index (χ4v) is 3.89. The smallest absolute Gasteiger partial charge is 0.258 e. The van der Waals surface area contributed by atoms with Crippen LogP contribution in [0.25, 0.3) is 22.7 Å². The molecular weight excluding hydrogens is 452 g/mol. The lowest BCUT2D eigenvalue weighted by molar-refractivity contribution is 0.0937. The van der Waals surface area contributed by atoms with Gasteiger partial charge in [-0.25, -0.2) is 0 Å². The third-order valence-electron chi connectivity index (χ3n) is 5.34. The minimum Gasteiger partial charge on any atom is -0.418 e. The molecule has 2 heterocycles. The van der Waals surface area contributed by atoms with Crippen LogP contribution < -0.4 is 5.32 Å². The summed E-state index contributed by atoms with van der Waals surface area (Å²) in [5.74, 6) is 0.590. The molecule has 168 valence electrons. The van der Waals surface area contributed by atoms with E-state index < -0.39 is 11.9 Å². The number of nitrogens with one attached hydrogen (secondary N) is 1. The first-order valence-electron chi connectivity index (χ1n) is 10.6. The van der Waals surface area contributed by atoms with Crippen LogP contribution in [0.1, 0.15) is 33.6 Å². The zero-order valence-electron chi connectivity index (χ0n) is 18.1. The molecule has 1 atom stereocenters. The number of carbonyl (C=O) groups is 1. The molecule has 0 unspecified atom stereocenters. The lowest BCUT2D eigenvalue weighted by Gasteiger charge is -2.16. The summed E-state index contributed by atoms with van der Waals surface area (Å²) in [6.07, 6.45) is 0. The second kappa shape index (κ2) is 9.33. The molecule has 0 aliphatic heterocycles. The summed E-state index contributed by atoms with van der Waals surface area (Å²) < 4.78 is 11.3. The summed E-state index contributed by atoms with van der Waals surface area (Å²) in [5.41, 5.74) is 2.83. The average Bonchev–Trinajstić information content (AvgIpc) is 3.51. The van der Waals surface area contributed by atoms with E-state index in [1.807, 2.05) is 72.8 Å². The standard InChI is InChI=1S/C26H19ClN4O3/c1-16-21(23(31-34-16)19-14-8-9-15-20(19)27)24(32)28-22(17-10-4-2-5-11-17)26-30-29-25(33-26)18-12-6-3-7-13-18/h2-15,22H,1H3,(H,28,32)/t22-/m0/s1. The van der Waals surface area contributed by atoms with Crippen LogP contribution in [0.2, 0.25) is 5.02 Å². The van der Waals surface area contributed by atoms with E-state index in [1.54, 1.807) is 19.1 Å². The van der Waals surface area contributed by atoms with Gasteiger partial charge in [-0.05, 0) is 30.7 Å². The largest absolute Gasteiger partial charge is 0.418 e. The highest BCUT2D eigenvalue weighted by Gasteiger charge is 2.28. The van der Waals surface area contributed by atoms with E-state index in [0.29, 0.717) is 27.9 Å². The van der Waals surface area contributed by atoms with E-state index in [2.05, 4.69) is 20.7 Å². The highest BCUT2D eigenvalue weighted by molar-refractivity contribution is 6.33. The molecule has 5 rings (SSSR count). The van der Waals surface area contributed by atoms with Gasteiger partial charge in [-0.2, -0.15) is 0 Å². The maximum absolute atomic E-state index is 13.5. The molecule has 8 heteroatoms. The van der Waals surface area contributed by atoms with Crippen LogP contribution in [0.5, 0.6) is 0 Å². The number of hydrogen-bond acceptors (Lipinski definition) is 6. The Hall–Kier alpha value is -4.23. The Kier molecular flexibility index (Phi) is 5.93. The van der Waals surface area contributed by atoms with E-state index in [0.717, 1.165) is 11.1 Å². The molecule has 0 saturated carbocycles. The van der Waals surface area contributed by atoms with Crippen LogP contribution in [0.4, 0.5) is 0 Å². The zero-order chi connectivity index (χ0) is 23.5. The van der Waals surface area contributed by atoms with Gasteiger partial charge >= 0.3 is 0 Å². The van der Waals surface area contributed by atoms with Gasteiger partial charge in [0.2, 0.25) is 11.8 Å². The minimum atomic E-state index is -0.688. The van der Waals surface area contributed by atoms with Gasteiger partial charge < -0.3 is 14.3 Å². The minimum absolute atomic E-state index is 0.256. The summed E-state index contributed by atoms with van der Waals surface area (Å²) in [7, 11) is 0. The van der Waals surface area contributed by atoms with Crippen LogP contribution in [0, 0.1) is 6.92 Å². The Morgan fingerprint density at radius 2 is 1.59 bits per heavy atom. The summed E-state index contributed by atoms with van der Waals surface area (Å²) in [4.78, 5) is 13.5. The monoisotopic (exact) mass is 470 g/mol. The van der Waals surface area contributed by atoms with Crippen molar-refractivity contribution in [3.8, 4) is 22.7 Å². The van der Waals surface area contributed by atoms with Crippen molar-refractivity contribution < 1.29 is 13.7 Å². The van der Waals surface area contributed by atoms with Crippen LogP contribution in [0.15, 0.2) is 93.9 Å². The Labute approximate surface area is 200 Å². The van der Waals surface area contributed by atoms with E-state index >= 15 is 0 Å². The number of nitrogens with zero attached hydrogens (tertiary/aromatic N) is 3. The number of rotatable bonds is 6. The van der Waals surface area contributed by atoms with Crippen LogP contribution in [0.3, 0.4) is 0 Å². The van der Waals surface area contributed by atoms with Crippen molar-refractivity contribution in [1.82, 2.24) is 20.7 Å². The number of hydrogen-bond donors (Lipinski definition) is 1. The molecule has 0 aliphatic rings. The molecule has 7 nitrogen and oxygen atoms in total. The number of aryl methyl sites for hydroxylation is 1. The molecule has 0 aliphatic carbocycles. The molecule has 0 fully saturated rings. The van der Waals surface area contributed by atoms with Crippen molar-refractivity contribution in [2.24, 2.45) is 0 Å². The molecular formula is C26H19ClN4O3. The van der Waals surface area contributed by atoms with E-state index in [9.17, 15) is 4.79 Å². The van der Waals surface area contributed by atoms with Crippen molar-refractivity contribution in [2.45, 2.75) is 13.0 Å². The summed E-state index contributed by atoms with van der Waals surface area (Å²) in [6, 6.07) is 25.3. The summed E-state index contributed by atoms with van der Waals surface area (Å²) in [5, 5.41) is 16.0. The van der Waals surface area contributed by atoms with E-state index in [-0.39, 0.29) is 11.5 Å². The van der Waals surface area contributed by atoms with E-state index in [1.165, 1.54) is 0 Å². The molecule has 1 amide bonds. The van der Waals surface area contributed by atoms with Gasteiger partial charge in [-0.15, -0.1) is 10.2 Å². The Balaban J connectivity index is 1.52. The Morgan fingerprint density at radius 1 is 0.912 bits per heavy atom. The van der Waals surface area contributed by atoms with Crippen LogP contribution in [-0.2, 0) is 0 Å². The highest BCUT2D eigenvalue weighted by atomic mass is 35.5. The Bertz CT molecular complexity index is 1430. The number of carbonyl (C=O) groups excluding carboxylic acids is 1. The van der Waals surface area contributed by atoms with Crippen molar-refractivity contribution in [3.63, 3.8) is 0 Å². The zero-order valence-corrected chi connectivity index (χ0v) is 18.9. The SMILES string of the molecule is Cc1onc(-c2ccccc2Cl)c1C(=O)N[C@@H](c1ccccc1)c1nnc(-c2ccccc2)o1. The van der Waals surface area contributed by atoms with E-state index in [4.69, 9.17) is 20.5 Å². The van der Waals surface area contributed by atoms with Gasteiger partial charge in [-0.1, -0.05) is 83.5 Å². The number of benzene rings is 3. The molecule has 1 N–H and O–H groups in total. The van der Waals surface area contributed by atoms with Crippen molar-refractivity contribution >= 4 is 17.5 Å². The van der Waals surface area contributed by atoms with Crippen molar-refractivity contribution in [1.29, 1.82) is 0 Å². The quantitative estimate of drug-likeness (QED) is 0.333. The number of halogens is 1. The molecule has 0 bridgehead atoms. The highest BCUT2D eigenvalue weighted by Crippen LogP contribution is 2.32. The summed E-state index contributed by atoms with van der Waals surface area (Å²) >= 11 is 6.36. The van der Waals surface area contributed by atoms with Gasteiger partial charge in [0.25, 0.3) is 5.91 Å². The van der Waals surface area contributed by atoms with Crippen LogP contribution in [-0.4, -0.2) is 21.3 Å². The first kappa shape index (κ1) is 21.6. The van der Waals surface area contributed by atoms with Gasteiger partial charge in [0.1, 0.15) is 23.1 Å². The lowest BCUT2D eigenvalue weighted by atomic mass is 10.0. The summed E-state index contributed by atoms with van der Waals surface area (Å²) in [6.45, 7) is 1.68. The topological polar surface area (TPSA) is 94.1 Å². The Morgan fingerprint density at radius 3 is 2.32 bits per heavy atom. The van der Waals surface area contributed by atoms with Crippen molar-refractivity contribution in [2.75, 3.05) is 0 Å². The maximum Gasteiger partial charge on any atom is 0.258 e. The third kappa shape index (κ3) is 4.21. The fourth-order valence-electron chi connectivity index (χ4n) is 3.66. The third-order valence-corrected chi connectivity index (χ3v) is 5.67. The normalized spacial score (nSPS) is 11.8. The van der Waals surface area contributed by atoms with Gasteiger partial charge in [-0.3, -0.25) is 4.79 Å². The predicted molar refractivity (Wildman–Crippen MR) is 127 cm³/mol. The second-order valence-electron chi connectivity index (χ2n) is 7.57. The number of aromatic nitrogens is 3. The molecule has 5 aromatic rings. The lowest BCUT2D eigenvalue weighted by Crippen LogP contribution is -2.30. The molecule has 34 heavy (non-hydrogen) atoms. The predicted octanol–water partition coefficient (Wildman–Crippen LogP) is 5.87. The van der Waals surface area contributed by atoms with Gasteiger partial charge in [0.05, 0.1) is 5.02 Å². The first-order valence-corrected chi connectivity index (χ1v) is 11.0. The number of amides is 1. The molecule has 0 radical (unpaired) electrons. The fraction of sp³-hybridized carbons (Fsp3) is 0.0769. The van der Waals surface area contributed by atoms with Crippen LogP contribution >= 0.6 is 11.6 Å².